The summed E-state index contributed by atoms with van der Waals surface area (Å²) in [6.07, 6.45) is -15.1. The zero-order valence-electron chi connectivity index (χ0n) is 15.4. The fourth-order valence-electron chi connectivity index (χ4n) is 1.83. The smallest absolute Gasteiger partial charge is 0.460 e. The standard InChI is InChI=1S/C14H9F17O2/c1-2-3-33-7(32)5(6(15)16)4-8(17,18)9(19,20)10(21,22)11(23,24)12(25,26)13(27,28)14(29,30)31/h2-4H2,1H3. The Morgan fingerprint density at radius 2 is 1.00 bits per heavy atom. The number of carbonyl (C=O) groups excluding carboxylic acids is 1. The lowest BCUT2D eigenvalue weighted by atomic mass is 9.89. The SMILES string of the molecule is CCCOC(=O)C(CC(F)(F)C(F)(F)C(F)(F)C(F)(F)C(F)(F)C(F)(F)C(F)(F)F)=C(F)F. The van der Waals surface area contributed by atoms with Gasteiger partial charge >= 0.3 is 47.7 Å². The fourth-order valence-corrected chi connectivity index (χ4v) is 1.83. The Morgan fingerprint density at radius 3 is 1.33 bits per heavy atom. The van der Waals surface area contributed by atoms with E-state index in [0.717, 1.165) is 0 Å². The first-order valence-electron chi connectivity index (χ1n) is 7.82. The van der Waals surface area contributed by atoms with E-state index in [1.807, 2.05) is 0 Å². The molecule has 0 fully saturated rings. The minimum atomic E-state index is -8.55. The van der Waals surface area contributed by atoms with E-state index in [-0.39, 0.29) is 6.42 Å². The minimum Gasteiger partial charge on any atom is -0.462 e. The molecule has 0 rings (SSSR count). The van der Waals surface area contributed by atoms with Crippen LogP contribution >= 0.6 is 0 Å². The lowest BCUT2D eigenvalue weighted by molar-refractivity contribution is -0.452. The van der Waals surface area contributed by atoms with Gasteiger partial charge in [-0.1, -0.05) is 6.92 Å². The Bertz CT molecular complexity index is 745. The van der Waals surface area contributed by atoms with Gasteiger partial charge in [0.2, 0.25) is 0 Å². The molecule has 0 unspecified atom stereocenters. The Morgan fingerprint density at radius 1 is 0.636 bits per heavy atom. The molecule has 0 radical (unpaired) electrons. The molecule has 0 spiro atoms. The van der Waals surface area contributed by atoms with Gasteiger partial charge in [-0.3, -0.25) is 0 Å². The number of rotatable bonds is 10. The van der Waals surface area contributed by atoms with E-state index in [2.05, 4.69) is 4.74 Å². The second-order valence-corrected chi connectivity index (χ2v) is 6.13. The van der Waals surface area contributed by atoms with Crippen molar-refractivity contribution in [3.63, 3.8) is 0 Å². The van der Waals surface area contributed by atoms with Gasteiger partial charge in [-0.2, -0.15) is 74.6 Å². The van der Waals surface area contributed by atoms with Crippen LogP contribution in [-0.4, -0.2) is 54.3 Å². The normalized spacial score (nSPS) is 14.8. The van der Waals surface area contributed by atoms with Crippen LogP contribution in [-0.2, 0) is 9.53 Å². The molecule has 0 atom stereocenters. The molecule has 0 heterocycles. The van der Waals surface area contributed by atoms with Crippen LogP contribution in [0.2, 0.25) is 0 Å². The molecule has 0 saturated carbocycles. The molecule has 0 amide bonds. The Kier molecular flexibility index (Phi) is 8.45. The van der Waals surface area contributed by atoms with Gasteiger partial charge in [-0.15, -0.1) is 0 Å². The minimum absolute atomic E-state index is 0.202. The van der Waals surface area contributed by atoms with Crippen molar-refractivity contribution in [2.24, 2.45) is 0 Å². The third-order valence-electron chi connectivity index (χ3n) is 3.70. The number of carbonyl (C=O) groups is 1. The highest BCUT2D eigenvalue weighted by atomic mass is 19.4. The van der Waals surface area contributed by atoms with Crippen LogP contribution in [0.4, 0.5) is 74.6 Å². The van der Waals surface area contributed by atoms with Gasteiger partial charge in [0, 0.05) is 0 Å². The topological polar surface area (TPSA) is 26.3 Å². The van der Waals surface area contributed by atoms with Crippen LogP contribution in [0.5, 0.6) is 0 Å². The van der Waals surface area contributed by atoms with Crippen molar-refractivity contribution in [3.05, 3.63) is 11.7 Å². The molecule has 0 aromatic heterocycles. The number of alkyl halides is 15. The third-order valence-corrected chi connectivity index (χ3v) is 3.70. The van der Waals surface area contributed by atoms with E-state index >= 15 is 0 Å². The predicted molar refractivity (Wildman–Crippen MR) is 70.8 cm³/mol. The van der Waals surface area contributed by atoms with E-state index in [1.165, 1.54) is 6.92 Å². The summed E-state index contributed by atoms with van der Waals surface area (Å²) in [6, 6.07) is 0. The summed E-state index contributed by atoms with van der Waals surface area (Å²) in [6.45, 7) is 0.343. The zero-order valence-corrected chi connectivity index (χ0v) is 15.4. The molecule has 0 aliphatic carbocycles. The van der Waals surface area contributed by atoms with Crippen LogP contribution in [0.3, 0.4) is 0 Å². The fraction of sp³-hybridized carbons (Fsp3) is 0.786. The lowest BCUT2D eigenvalue weighted by Crippen LogP contribution is -2.72. The van der Waals surface area contributed by atoms with Gasteiger partial charge in [-0.25, -0.2) is 4.79 Å². The summed E-state index contributed by atoms with van der Waals surface area (Å²) in [5.74, 6) is -51.2. The number of halogens is 17. The van der Waals surface area contributed by atoms with Crippen LogP contribution in [0.1, 0.15) is 19.8 Å². The van der Waals surface area contributed by atoms with Crippen molar-refractivity contribution in [2.45, 2.75) is 61.5 Å². The molecule has 0 aromatic carbocycles. The molecule has 0 saturated heterocycles. The third kappa shape index (κ3) is 4.95. The maximum atomic E-state index is 13.6. The Hall–Kier alpha value is -1.98. The predicted octanol–water partition coefficient (Wildman–Crippen LogP) is 6.85. The second-order valence-electron chi connectivity index (χ2n) is 6.13. The van der Waals surface area contributed by atoms with Crippen molar-refractivity contribution < 1.29 is 84.2 Å². The van der Waals surface area contributed by atoms with E-state index in [0.29, 0.717) is 0 Å². The van der Waals surface area contributed by atoms with Crippen LogP contribution in [0.15, 0.2) is 11.7 Å². The highest BCUT2D eigenvalue weighted by Gasteiger charge is 2.93. The molecule has 196 valence electrons. The van der Waals surface area contributed by atoms with Gasteiger partial charge in [0.25, 0.3) is 6.08 Å². The van der Waals surface area contributed by atoms with E-state index in [1.54, 1.807) is 0 Å². The van der Waals surface area contributed by atoms with Gasteiger partial charge in [0.1, 0.15) is 5.57 Å². The summed E-state index contributed by atoms with van der Waals surface area (Å²) in [5.41, 5.74) is -2.82. The molecule has 0 aliphatic rings. The summed E-state index contributed by atoms with van der Waals surface area (Å²) in [4.78, 5) is 11.2. The molecule has 33 heavy (non-hydrogen) atoms. The number of hydrogen-bond donors (Lipinski definition) is 0. The largest absolute Gasteiger partial charge is 0.462 e. The molecule has 0 N–H and O–H groups in total. The quantitative estimate of drug-likeness (QED) is 0.175. The Labute approximate surface area is 171 Å². The summed E-state index contributed by atoms with van der Waals surface area (Å²) >= 11 is 0. The molecule has 0 aromatic rings. The lowest BCUT2D eigenvalue weighted by Gasteiger charge is -2.41. The van der Waals surface area contributed by atoms with E-state index in [4.69, 9.17) is 0 Å². The number of hydrogen-bond acceptors (Lipinski definition) is 2. The molecular weight excluding hydrogens is 523 g/mol. The first kappa shape index (κ1) is 31.0. The molecule has 2 nitrogen and oxygen atoms in total. The summed E-state index contributed by atoms with van der Waals surface area (Å²) in [5, 5.41) is 0. The highest BCUT2D eigenvalue weighted by molar-refractivity contribution is 5.88. The van der Waals surface area contributed by atoms with Crippen molar-refractivity contribution in [2.75, 3.05) is 6.61 Å². The van der Waals surface area contributed by atoms with Crippen LogP contribution < -0.4 is 0 Å². The maximum absolute atomic E-state index is 13.6. The molecular formula is C14H9F17O2. The molecule has 0 aliphatic heterocycles. The zero-order chi connectivity index (χ0) is 27.1. The second kappa shape index (κ2) is 8.99. The van der Waals surface area contributed by atoms with Crippen molar-refractivity contribution >= 4 is 5.97 Å². The molecule has 0 bridgehead atoms. The monoisotopic (exact) mass is 532 g/mol. The van der Waals surface area contributed by atoms with Crippen LogP contribution in [0.25, 0.3) is 0 Å². The molecule has 19 heteroatoms. The average Bonchev–Trinajstić information content (AvgIpc) is 2.62. The van der Waals surface area contributed by atoms with Crippen molar-refractivity contribution in [1.82, 2.24) is 0 Å². The van der Waals surface area contributed by atoms with Gasteiger partial charge in [0.15, 0.2) is 0 Å². The summed E-state index contributed by atoms with van der Waals surface area (Å²) < 4.78 is 224. The van der Waals surface area contributed by atoms with E-state index < -0.39 is 72.4 Å². The first-order chi connectivity index (χ1) is 14.3. The van der Waals surface area contributed by atoms with E-state index in [9.17, 15) is 79.4 Å². The van der Waals surface area contributed by atoms with Crippen LogP contribution in [0, 0.1) is 0 Å². The summed E-state index contributed by atoms with van der Waals surface area (Å²) in [7, 11) is 0. The Balaban J connectivity index is 6.54. The number of esters is 1. The highest BCUT2D eigenvalue weighted by Crippen LogP contribution is 2.62. The van der Waals surface area contributed by atoms with Crippen molar-refractivity contribution in [3.8, 4) is 0 Å². The van der Waals surface area contributed by atoms with Gasteiger partial charge < -0.3 is 4.74 Å². The van der Waals surface area contributed by atoms with Crippen molar-refractivity contribution in [1.29, 1.82) is 0 Å². The maximum Gasteiger partial charge on any atom is 0.460 e. The number of ether oxygens (including phenoxy) is 1. The van der Waals surface area contributed by atoms with Gasteiger partial charge in [-0.05, 0) is 6.42 Å². The van der Waals surface area contributed by atoms with Gasteiger partial charge in [0.05, 0.1) is 13.0 Å². The first-order valence-corrected chi connectivity index (χ1v) is 7.82. The average molecular weight is 532 g/mol.